The summed E-state index contributed by atoms with van der Waals surface area (Å²) in [6, 6.07) is 1.76. The van der Waals surface area contributed by atoms with Crippen LogP contribution in [-0.2, 0) is 0 Å². The van der Waals surface area contributed by atoms with Crippen LogP contribution in [0.15, 0.2) is 6.07 Å². The lowest BCUT2D eigenvalue weighted by molar-refractivity contribution is 0.0948. The summed E-state index contributed by atoms with van der Waals surface area (Å²) in [6.07, 6.45) is 2.54. The number of amides is 1. The van der Waals surface area contributed by atoms with Crippen LogP contribution >= 0.6 is 11.3 Å². The maximum Gasteiger partial charge on any atom is 0.261 e. The van der Waals surface area contributed by atoms with Gasteiger partial charge in [-0.25, -0.2) is 0 Å². The van der Waals surface area contributed by atoms with Gasteiger partial charge in [0.1, 0.15) is 0 Å². The molecule has 1 amide bonds. The molecule has 5 heteroatoms. The number of nitrogen functional groups attached to an aromatic ring is 1. The van der Waals surface area contributed by atoms with Crippen LogP contribution in [-0.4, -0.2) is 37.0 Å². The molecule has 3 N–H and O–H groups in total. The molecule has 2 heterocycles. The lowest BCUT2D eigenvalue weighted by Crippen LogP contribution is -2.39. The molecule has 0 aromatic carbocycles. The molecule has 0 aliphatic carbocycles. The Morgan fingerprint density at radius 3 is 2.79 bits per heavy atom. The molecule has 106 valence electrons. The van der Waals surface area contributed by atoms with Crippen molar-refractivity contribution in [2.45, 2.75) is 26.7 Å². The largest absolute Gasteiger partial charge is 0.398 e. The van der Waals surface area contributed by atoms with E-state index in [1.54, 1.807) is 6.07 Å². The van der Waals surface area contributed by atoms with E-state index in [1.807, 2.05) is 6.92 Å². The Morgan fingerprint density at radius 2 is 2.21 bits per heavy atom. The number of nitrogens with one attached hydrogen (secondary N) is 1. The fraction of sp³-hybridized carbons (Fsp3) is 0.643. The van der Waals surface area contributed by atoms with Crippen molar-refractivity contribution in [3.05, 3.63) is 15.8 Å². The van der Waals surface area contributed by atoms with Crippen LogP contribution < -0.4 is 11.1 Å². The highest BCUT2D eigenvalue weighted by Crippen LogP contribution is 2.23. The number of thiophene rings is 1. The Hall–Kier alpha value is -1.07. The number of aryl methyl sites for hydroxylation is 1. The van der Waals surface area contributed by atoms with Gasteiger partial charge in [0, 0.05) is 23.7 Å². The second-order valence-electron chi connectivity index (χ2n) is 5.40. The number of hydrogen-bond donors (Lipinski definition) is 2. The Morgan fingerprint density at radius 1 is 1.53 bits per heavy atom. The normalized spacial score (nSPS) is 17.6. The number of anilines is 1. The van der Waals surface area contributed by atoms with Gasteiger partial charge in [-0.1, -0.05) is 6.92 Å². The number of nitrogens with zero attached hydrogens (tertiary/aromatic N) is 1. The van der Waals surface area contributed by atoms with Crippen molar-refractivity contribution >= 4 is 22.9 Å². The van der Waals surface area contributed by atoms with Crippen LogP contribution in [0.25, 0.3) is 0 Å². The van der Waals surface area contributed by atoms with E-state index in [9.17, 15) is 4.79 Å². The average molecular weight is 281 g/mol. The molecule has 0 unspecified atom stereocenters. The zero-order valence-electron chi connectivity index (χ0n) is 11.7. The van der Waals surface area contributed by atoms with Crippen molar-refractivity contribution in [2.75, 3.05) is 31.9 Å². The van der Waals surface area contributed by atoms with E-state index in [1.165, 1.54) is 24.2 Å². The van der Waals surface area contributed by atoms with Crippen molar-refractivity contribution in [1.29, 1.82) is 0 Å². The minimum atomic E-state index is -0.00447. The first-order valence-corrected chi connectivity index (χ1v) is 7.74. The zero-order chi connectivity index (χ0) is 13.8. The first kappa shape index (κ1) is 14.3. The van der Waals surface area contributed by atoms with Gasteiger partial charge in [0.05, 0.1) is 4.88 Å². The summed E-state index contributed by atoms with van der Waals surface area (Å²) in [5.74, 6) is 0.845. The molecule has 19 heavy (non-hydrogen) atoms. The highest BCUT2D eigenvalue weighted by Gasteiger charge is 2.16. The lowest BCUT2D eigenvalue weighted by Gasteiger charge is -2.30. The molecule has 1 aliphatic rings. The molecule has 0 spiro atoms. The summed E-state index contributed by atoms with van der Waals surface area (Å²) in [5.41, 5.74) is 6.47. The van der Waals surface area contributed by atoms with Crippen molar-refractivity contribution in [2.24, 2.45) is 5.92 Å². The van der Waals surface area contributed by atoms with E-state index in [-0.39, 0.29) is 5.91 Å². The molecule has 1 aromatic heterocycles. The number of likely N-dealkylation sites (tertiary alicyclic amines) is 1. The quantitative estimate of drug-likeness (QED) is 0.888. The Balaban J connectivity index is 1.72. The Labute approximate surface area is 119 Å². The summed E-state index contributed by atoms with van der Waals surface area (Å²) in [5, 5.41) is 2.97. The topological polar surface area (TPSA) is 58.4 Å². The van der Waals surface area contributed by atoms with E-state index in [0.717, 1.165) is 30.4 Å². The number of hydrogen-bond acceptors (Lipinski definition) is 4. The summed E-state index contributed by atoms with van der Waals surface area (Å²) in [7, 11) is 0. The first-order valence-electron chi connectivity index (χ1n) is 6.92. The highest BCUT2D eigenvalue weighted by molar-refractivity contribution is 7.14. The zero-order valence-corrected chi connectivity index (χ0v) is 12.6. The predicted octanol–water partition coefficient (Wildman–Crippen LogP) is 2.10. The number of piperidine rings is 1. The number of rotatable bonds is 4. The molecule has 4 nitrogen and oxygen atoms in total. The molecule has 1 saturated heterocycles. The van der Waals surface area contributed by atoms with Crippen LogP contribution in [0.4, 0.5) is 5.69 Å². The third kappa shape index (κ3) is 3.94. The standard InChI is InChI=1S/C14H23N3OS/c1-10-3-6-17(7-4-10)8-5-16-14(18)13-9-12(15)11(2)19-13/h9-10H,3-8,15H2,1-2H3,(H,16,18). The van der Waals surface area contributed by atoms with Crippen LogP contribution in [0.3, 0.4) is 0 Å². The molecule has 2 rings (SSSR count). The van der Waals surface area contributed by atoms with Gasteiger partial charge < -0.3 is 16.0 Å². The second kappa shape index (κ2) is 6.39. The number of carbonyl (C=O) groups is 1. The fourth-order valence-electron chi connectivity index (χ4n) is 2.31. The average Bonchev–Trinajstić information content (AvgIpc) is 2.72. The van der Waals surface area contributed by atoms with Crippen LogP contribution in [0.2, 0.25) is 0 Å². The predicted molar refractivity (Wildman–Crippen MR) is 80.6 cm³/mol. The van der Waals surface area contributed by atoms with Gasteiger partial charge in [-0.3, -0.25) is 4.79 Å². The van der Waals surface area contributed by atoms with E-state index in [4.69, 9.17) is 5.73 Å². The summed E-state index contributed by atoms with van der Waals surface area (Å²) in [6.45, 7) is 8.21. The molecule has 1 fully saturated rings. The maximum atomic E-state index is 11.9. The third-order valence-corrected chi connectivity index (χ3v) is 4.83. The Bertz CT molecular complexity index is 416. The summed E-state index contributed by atoms with van der Waals surface area (Å²) >= 11 is 1.46. The van der Waals surface area contributed by atoms with E-state index in [2.05, 4.69) is 17.1 Å². The van der Waals surface area contributed by atoms with E-state index in [0.29, 0.717) is 17.1 Å². The maximum absolute atomic E-state index is 11.9. The van der Waals surface area contributed by atoms with Crippen molar-refractivity contribution in [1.82, 2.24) is 10.2 Å². The van der Waals surface area contributed by atoms with Crippen molar-refractivity contribution in [3.8, 4) is 0 Å². The number of nitrogens with two attached hydrogens (primary N) is 1. The van der Waals surface area contributed by atoms with Crippen LogP contribution in [0.1, 0.15) is 34.3 Å². The molecule has 0 saturated carbocycles. The lowest BCUT2D eigenvalue weighted by atomic mass is 9.99. The first-order chi connectivity index (χ1) is 9.06. The molecule has 0 radical (unpaired) electrons. The monoisotopic (exact) mass is 281 g/mol. The molecule has 0 bridgehead atoms. The number of carbonyl (C=O) groups excluding carboxylic acids is 1. The molecular weight excluding hydrogens is 258 g/mol. The Kier molecular flexibility index (Phi) is 4.82. The minimum absolute atomic E-state index is 0.00447. The van der Waals surface area contributed by atoms with Gasteiger partial charge in [0.25, 0.3) is 5.91 Å². The SMILES string of the molecule is Cc1sc(C(=O)NCCN2CCC(C)CC2)cc1N. The summed E-state index contributed by atoms with van der Waals surface area (Å²) in [4.78, 5) is 16.1. The van der Waals surface area contributed by atoms with E-state index >= 15 is 0 Å². The molecule has 1 aliphatic heterocycles. The van der Waals surface area contributed by atoms with Crippen LogP contribution in [0.5, 0.6) is 0 Å². The molecule has 1 aromatic rings. The molecular formula is C14H23N3OS. The summed E-state index contributed by atoms with van der Waals surface area (Å²) < 4.78 is 0. The minimum Gasteiger partial charge on any atom is -0.398 e. The van der Waals surface area contributed by atoms with Crippen LogP contribution in [0, 0.1) is 12.8 Å². The fourth-order valence-corrected chi connectivity index (χ4v) is 3.17. The van der Waals surface area contributed by atoms with Gasteiger partial charge in [-0.05, 0) is 44.8 Å². The smallest absolute Gasteiger partial charge is 0.261 e. The van der Waals surface area contributed by atoms with E-state index < -0.39 is 0 Å². The van der Waals surface area contributed by atoms with Gasteiger partial charge >= 0.3 is 0 Å². The van der Waals surface area contributed by atoms with Crippen molar-refractivity contribution < 1.29 is 4.79 Å². The second-order valence-corrected chi connectivity index (χ2v) is 6.66. The van der Waals surface area contributed by atoms with Gasteiger partial charge in [-0.15, -0.1) is 11.3 Å². The van der Waals surface area contributed by atoms with Gasteiger partial charge in [0.2, 0.25) is 0 Å². The third-order valence-electron chi connectivity index (χ3n) is 3.77. The highest BCUT2D eigenvalue weighted by atomic mass is 32.1. The van der Waals surface area contributed by atoms with Gasteiger partial charge in [0.15, 0.2) is 0 Å². The van der Waals surface area contributed by atoms with Gasteiger partial charge in [-0.2, -0.15) is 0 Å². The molecule has 0 atom stereocenters. The van der Waals surface area contributed by atoms with Crippen molar-refractivity contribution in [3.63, 3.8) is 0 Å².